The molecule has 78 valence electrons. The maximum atomic E-state index is 11.2. The minimum Gasteiger partial charge on any atom is -0.352 e. The van der Waals surface area contributed by atoms with Crippen LogP contribution in [0.2, 0.25) is 0 Å². The molecular weight excluding hydrogens is 182 g/mol. The Bertz CT molecular complexity index is 244. The Kier molecular flexibility index (Phi) is 3.50. The minimum atomic E-state index is -0.501. The lowest BCUT2D eigenvalue weighted by Gasteiger charge is -2.31. The first-order chi connectivity index (χ1) is 6.63. The molecular formula is C9H15N3O2. The Hall–Kier alpha value is -1.52. The molecule has 1 rings (SSSR count). The highest BCUT2D eigenvalue weighted by atomic mass is 16.2. The quantitative estimate of drug-likeness (QED) is 0.603. The second kappa shape index (κ2) is 4.64. The number of likely N-dealkylation sites (tertiary alicyclic amines) is 1. The molecule has 1 fully saturated rings. The Morgan fingerprint density at radius 3 is 2.43 bits per heavy atom. The molecule has 0 unspecified atom stereocenters. The number of hydrogen-bond donors (Lipinski definition) is 2. The summed E-state index contributed by atoms with van der Waals surface area (Å²) >= 11 is 0. The topological polar surface area (TPSA) is 75.4 Å². The van der Waals surface area contributed by atoms with Gasteiger partial charge in [-0.1, -0.05) is 6.58 Å². The van der Waals surface area contributed by atoms with Crippen LogP contribution < -0.4 is 11.1 Å². The van der Waals surface area contributed by atoms with Gasteiger partial charge in [-0.15, -0.1) is 0 Å². The Balaban J connectivity index is 2.34. The first-order valence-corrected chi connectivity index (χ1v) is 4.61. The summed E-state index contributed by atoms with van der Waals surface area (Å²) in [6, 6.07) is -0.403. The Labute approximate surface area is 82.9 Å². The summed E-state index contributed by atoms with van der Waals surface area (Å²) in [6.07, 6.45) is 2.81. The minimum absolute atomic E-state index is 0.0532. The number of nitrogens with zero attached hydrogens (tertiary/aromatic N) is 1. The number of nitrogens with two attached hydrogens (primary N) is 1. The van der Waals surface area contributed by atoms with E-state index in [0.717, 1.165) is 12.8 Å². The van der Waals surface area contributed by atoms with Gasteiger partial charge in [0, 0.05) is 19.1 Å². The molecule has 5 nitrogen and oxygen atoms in total. The predicted molar refractivity (Wildman–Crippen MR) is 52.5 cm³/mol. The van der Waals surface area contributed by atoms with Gasteiger partial charge >= 0.3 is 6.03 Å². The van der Waals surface area contributed by atoms with Crippen LogP contribution in [-0.4, -0.2) is 36.0 Å². The molecule has 0 aromatic carbocycles. The van der Waals surface area contributed by atoms with Crippen LogP contribution in [0.5, 0.6) is 0 Å². The van der Waals surface area contributed by atoms with Gasteiger partial charge in [-0.25, -0.2) is 4.79 Å². The highest BCUT2D eigenvalue weighted by Gasteiger charge is 2.21. The third-order valence-electron chi connectivity index (χ3n) is 2.33. The fourth-order valence-corrected chi connectivity index (χ4v) is 1.57. The second-order valence-electron chi connectivity index (χ2n) is 3.31. The number of amides is 3. The molecule has 1 aliphatic rings. The fraction of sp³-hybridized carbons (Fsp3) is 0.556. The monoisotopic (exact) mass is 197 g/mol. The van der Waals surface area contributed by atoms with Gasteiger partial charge < -0.3 is 16.0 Å². The van der Waals surface area contributed by atoms with Gasteiger partial charge in [0.05, 0.1) is 0 Å². The molecule has 0 aromatic heterocycles. The normalized spacial score (nSPS) is 17.6. The lowest BCUT2D eigenvalue weighted by Crippen LogP contribution is -2.47. The zero-order valence-electron chi connectivity index (χ0n) is 8.03. The molecule has 3 amide bonds. The van der Waals surface area contributed by atoms with Crippen LogP contribution in [0.25, 0.3) is 0 Å². The van der Waals surface area contributed by atoms with Crippen LogP contribution in [0, 0.1) is 0 Å². The number of nitrogens with one attached hydrogen (secondary N) is 1. The van der Waals surface area contributed by atoms with E-state index in [-0.39, 0.29) is 11.9 Å². The van der Waals surface area contributed by atoms with Crippen LogP contribution >= 0.6 is 0 Å². The van der Waals surface area contributed by atoms with E-state index in [1.165, 1.54) is 6.08 Å². The molecule has 1 aliphatic heterocycles. The van der Waals surface area contributed by atoms with E-state index in [9.17, 15) is 9.59 Å². The third kappa shape index (κ3) is 2.76. The zero-order valence-corrected chi connectivity index (χ0v) is 8.03. The van der Waals surface area contributed by atoms with Crippen LogP contribution in [0.1, 0.15) is 12.8 Å². The first kappa shape index (κ1) is 10.6. The van der Waals surface area contributed by atoms with Gasteiger partial charge in [0.25, 0.3) is 0 Å². The first-order valence-electron chi connectivity index (χ1n) is 4.61. The summed E-state index contributed by atoms with van der Waals surface area (Å²) in [4.78, 5) is 23.5. The number of urea groups is 1. The van der Waals surface area contributed by atoms with Gasteiger partial charge in [0.1, 0.15) is 0 Å². The highest BCUT2D eigenvalue weighted by Crippen LogP contribution is 2.10. The largest absolute Gasteiger partial charge is 0.352 e. The maximum absolute atomic E-state index is 11.2. The molecule has 0 aliphatic carbocycles. The smallest absolute Gasteiger partial charge is 0.312 e. The lowest BCUT2D eigenvalue weighted by molar-refractivity contribution is -0.127. The van der Waals surface area contributed by atoms with Crippen LogP contribution in [0.3, 0.4) is 0 Å². The van der Waals surface area contributed by atoms with Gasteiger partial charge in [-0.05, 0) is 18.9 Å². The summed E-state index contributed by atoms with van der Waals surface area (Å²) in [6.45, 7) is 4.72. The summed E-state index contributed by atoms with van der Waals surface area (Å²) in [5, 5.41) is 2.63. The average molecular weight is 197 g/mol. The van der Waals surface area contributed by atoms with Gasteiger partial charge in [0.15, 0.2) is 0 Å². The van der Waals surface area contributed by atoms with Crippen molar-refractivity contribution in [3.63, 3.8) is 0 Å². The van der Waals surface area contributed by atoms with Crippen molar-refractivity contribution in [3.05, 3.63) is 12.7 Å². The van der Waals surface area contributed by atoms with Crippen molar-refractivity contribution in [2.75, 3.05) is 13.1 Å². The van der Waals surface area contributed by atoms with Crippen molar-refractivity contribution in [2.45, 2.75) is 18.9 Å². The summed E-state index contributed by atoms with van der Waals surface area (Å²) in [7, 11) is 0. The van der Waals surface area contributed by atoms with Crippen molar-refractivity contribution in [2.24, 2.45) is 5.73 Å². The number of carbonyl (C=O) groups excluding carboxylic acids is 2. The fourth-order valence-electron chi connectivity index (χ4n) is 1.57. The van der Waals surface area contributed by atoms with E-state index in [2.05, 4.69) is 11.9 Å². The van der Waals surface area contributed by atoms with E-state index in [1.807, 2.05) is 0 Å². The molecule has 1 heterocycles. The molecule has 14 heavy (non-hydrogen) atoms. The average Bonchev–Trinajstić information content (AvgIpc) is 2.17. The predicted octanol–water partition coefficient (Wildman–Crippen LogP) is -0.168. The van der Waals surface area contributed by atoms with Gasteiger partial charge in [0.2, 0.25) is 5.91 Å². The molecule has 0 bridgehead atoms. The summed E-state index contributed by atoms with van der Waals surface area (Å²) < 4.78 is 0. The van der Waals surface area contributed by atoms with E-state index < -0.39 is 6.03 Å². The molecule has 0 radical (unpaired) electrons. The molecule has 0 aromatic rings. The lowest BCUT2D eigenvalue weighted by atomic mass is 10.1. The molecule has 0 spiro atoms. The van der Waals surface area contributed by atoms with Crippen LogP contribution in [0.4, 0.5) is 4.79 Å². The van der Waals surface area contributed by atoms with Gasteiger partial charge in [-0.3, -0.25) is 4.79 Å². The maximum Gasteiger partial charge on any atom is 0.312 e. The number of rotatable bonds is 2. The van der Waals surface area contributed by atoms with Crippen molar-refractivity contribution in [3.8, 4) is 0 Å². The molecule has 0 saturated carbocycles. The van der Waals surface area contributed by atoms with Crippen molar-refractivity contribution in [1.29, 1.82) is 0 Å². The van der Waals surface area contributed by atoms with E-state index in [4.69, 9.17) is 5.73 Å². The summed E-state index contributed by atoms with van der Waals surface area (Å²) in [5.74, 6) is -0.0532. The van der Waals surface area contributed by atoms with Crippen molar-refractivity contribution in [1.82, 2.24) is 10.2 Å². The van der Waals surface area contributed by atoms with Crippen molar-refractivity contribution >= 4 is 11.9 Å². The van der Waals surface area contributed by atoms with Crippen LogP contribution in [0.15, 0.2) is 12.7 Å². The third-order valence-corrected chi connectivity index (χ3v) is 2.33. The molecule has 0 atom stereocenters. The standard InChI is InChI=1S/C9H15N3O2/c1-2-8(13)12-5-3-7(4-6-12)11-9(10)14/h2,7H,1,3-6H2,(H3,10,11,14). The molecule has 3 N–H and O–H groups in total. The second-order valence-corrected chi connectivity index (χ2v) is 3.31. The van der Waals surface area contributed by atoms with E-state index in [0.29, 0.717) is 13.1 Å². The molecule has 5 heteroatoms. The zero-order chi connectivity index (χ0) is 10.6. The Morgan fingerprint density at radius 2 is 2.00 bits per heavy atom. The van der Waals surface area contributed by atoms with E-state index in [1.54, 1.807) is 4.90 Å². The Morgan fingerprint density at radius 1 is 1.43 bits per heavy atom. The number of hydrogen-bond acceptors (Lipinski definition) is 2. The summed E-state index contributed by atoms with van der Waals surface area (Å²) in [5.41, 5.74) is 5.00. The number of piperidine rings is 1. The van der Waals surface area contributed by atoms with Crippen LogP contribution in [-0.2, 0) is 4.79 Å². The number of carbonyl (C=O) groups is 2. The van der Waals surface area contributed by atoms with Gasteiger partial charge in [-0.2, -0.15) is 0 Å². The number of primary amides is 1. The highest BCUT2D eigenvalue weighted by molar-refractivity contribution is 5.87. The SMILES string of the molecule is C=CC(=O)N1CCC(NC(N)=O)CC1. The van der Waals surface area contributed by atoms with E-state index >= 15 is 0 Å². The van der Waals surface area contributed by atoms with Crippen molar-refractivity contribution < 1.29 is 9.59 Å². The molecule has 1 saturated heterocycles.